The third kappa shape index (κ3) is 3.94. The number of hydrogen-bond acceptors (Lipinski definition) is 3. The zero-order chi connectivity index (χ0) is 19.5. The number of aromatic amines is 1. The van der Waals surface area contributed by atoms with Crippen LogP contribution >= 0.6 is 0 Å². The highest BCUT2D eigenvalue weighted by Gasteiger charge is 2.20. The molecule has 1 aromatic heterocycles. The lowest BCUT2D eigenvalue weighted by Gasteiger charge is -2.28. The number of hydrogen-bond donors (Lipinski definition) is 3. The highest BCUT2D eigenvalue weighted by molar-refractivity contribution is 5.96. The molecule has 1 aliphatic rings. The standard InChI is InChI=1S/C23H25N3O2/c1-15-6-7-20(28-21-13-25-14-21)11-22(15)23(27)26-16(2)17-4-3-5-18(10-17)19-8-9-24-12-19/h3-12,16,21,24-25H,13-14H2,1-2H3,(H,26,27)/t16-/m1/s1. The summed E-state index contributed by atoms with van der Waals surface area (Å²) in [5.41, 5.74) is 4.91. The second-order valence-corrected chi connectivity index (χ2v) is 7.30. The van der Waals surface area contributed by atoms with Gasteiger partial charge in [-0.3, -0.25) is 4.79 Å². The molecule has 3 N–H and O–H groups in total. The average molecular weight is 375 g/mol. The van der Waals surface area contributed by atoms with Gasteiger partial charge in [0.1, 0.15) is 11.9 Å². The molecule has 2 aromatic carbocycles. The lowest BCUT2D eigenvalue weighted by molar-refractivity contribution is 0.0937. The van der Waals surface area contributed by atoms with Gasteiger partial charge in [0, 0.05) is 31.0 Å². The molecule has 0 unspecified atom stereocenters. The second-order valence-electron chi connectivity index (χ2n) is 7.30. The zero-order valence-corrected chi connectivity index (χ0v) is 16.2. The molecule has 1 atom stereocenters. The Hall–Kier alpha value is -3.05. The van der Waals surface area contributed by atoms with Gasteiger partial charge in [-0.15, -0.1) is 0 Å². The molecule has 0 saturated carbocycles. The molecule has 5 nitrogen and oxygen atoms in total. The fourth-order valence-corrected chi connectivity index (χ4v) is 3.31. The molecule has 0 spiro atoms. The first-order chi connectivity index (χ1) is 13.6. The molecule has 4 rings (SSSR count). The largest absolute Gasteiger partial charge is 0.488 e. The van der Waals surface area contributed by atoms with E-state index in [1.54, 1.807) is 0 Å². The minimum Gasteiger partial charge on any atom is -0.488 e. The second kappa shape index (κ2) is 7.90. The maximum atomic E-state index is 12.9. The number of nitrogens with one attached hydrogen (secondary N) is 3. The van der Waals surface area contributed by atoms with Crippen LogP contribution < -0.4 is 15.4 Å². The van der Waals surface area contributed by atoms with E-state index in [9.17, 15) is 4.79 Å². The van der Waals surface area contributed by atoms with Crippen molar-refractivity contribution in [3.63, 3.8) is 0 Å². The molecule has 1 saturated heterocycles. The first-order valence-corrected chi connectivity index (χ1v) is 9.62. The van der Waals surface area contributed by atoms with Crippen molar-refractivity contribution in [1.82, 2.24) is 15.6 Å². The number of amides is 1. The first kappa shape index (κ1) is 18.3. The van der Waals surface area contributed by atoms with Crippen molar-refractivity contribution in [3.8, 4) is 16.9 Å². The third-order valence-corrected chi connectivity index (χ3v) is 5.17. The topological polar surface area (TPSA) is 66.2 Å². The van der Waals surface area contributed by atoms with Gasteiger partial charge in [-0.2, -0.15) is 0 Å². The van der Waals surface area contributed by atoms with E-state index >= 15 is 0 Å². The van der Waals surface area contributed by atoms with Crippen LogP contribution in [0.4, 0.5) is 0 Å². The summed E-state index contributed by atoms with van der Waals surface area (Å²) >= 11 is 0. The number of ether oxygens (including phenoxy) is 1. The van der Waals surface area contributed by atoms with Gasteiger partial charge in [0.2, 0.25) is 0 Å². The third-order valence-electron chi connectivity index (χ3n) is 5.17. The van der Waals surface area contributed by atoms with Crippen molar-refractivity contribution >= 4 is 5.91 Å². The highest BCUT2D eigenvalue weighted by atomic mass is 16.5. The summed E-state index contributed by atoms with van der Waals surface area (Å²) in [7, 11) is 0. The number of H-pyrrole nitrogens is 1. The molecule has 0 radical (unpaired) electrons. The molecule has 1 amide bonds. The number of aryl methyl sites for hydroxylation is 1. The van der Waals surface area contributed by atoms with Crippen LogP contribution in [0.1, 0.15) is 34.5 Å². The van der Waals surface area contributed by atoms with Crippen molar-refractivity contribution in [2.75, 3.05) is 13.1 Å². The zero-order valence-electron chi connectivity index (χ0n) is 16.2. The van der Waals surface area contributed by atoms with Crippen LogP contribution in [0.3, 0.4) is 0 Å². The fraction of sp³-hybridized carbons (Fsp3) is 0.261. The Labute approximate surface area is 165 Å². The smallest absolute Gasteiger partial charge is 0.252 e. The Bertz CT molecular complexity index is 962. The maximum absolute atomic E-state index is 12.9. The van der Waals surface area contributed by atoms with Gasteiger partial charge in [0.05, 0.1) is 6.04 Å². The van der Waals surface area contributed by atoms with Crippen LogP contribution in [-0.4, -0.2) is 30.1 Å². The van der Waals surface area contributed by atoms with Crippen molar-refractivity contribution in [2.24, 2.45) is 0 Å². The maximum Gasteiger partial charge on any atom is 0.252 e. The summed E-state index contributed by atoms with van der Waals surface area (Å²) in [5, 5.41) is 6.30. The normalized spacial score (nSPS) is 14.9. The minimum absolute atomic E-state index is 0.0887. The summed E-state index contributed by atoms with van der Waals surface area (Å²) in [6.07, 6.45) is 4.06. The Morgan fingerprint density at radius 1 is 1.14 bits per heavy atom. The molecule has 0 aliphatic carbocycles. The summed E-state index contributed by atoms with van der Waals surface area (Å²) in [5.74, 6) is 0.651. The van der Waals surface area contributed by atoms with Crippen molar-refractivity contribution in [2.45, 2.75) is 26.0 Å². The molecule has 28 heavy (non-hydrogen) atoms. The highest BCUT2D eigenvalue weighted by Crippen LogP contribution is 2.24. The number of benzene rings is 2. The predicted molar refractivity (Wildman–Crippen MR) is 111 cm³/mol. The summed E-state index contributed by atoms with van der Waals surface area (Å²) in [6.45, 7) is 5.65. The molecular formula is C23H25N3O2. The van der Waals surface area contributed by atoms with E-state index in [0.29, 0.717) is 5.56 Å². The van der Waals surface area contributed by atoms with E-state index < -0.39 is 0 Å². The van der Waals surface area contributed by atoms with Crippen molar-refractivity contribution in [1.29, 1.82) is 0 Å². The lowest BCUT2D eigenvalue weighted by atomic mass is 10.0. The Kier molecular flexibility index (Phi) is 5.17. The average Bonchev–Trinajstić information content (AvgIpc) is 3.20. The van der Waals surface area contributed by atoms with Gasteiger partial charge in [-0.05, 0) is 60.4 Å². The van der Waals surface area contributed by atoms with Gasteiger partial charge in [0.25, 0.3) is 5.91 Å². The van der Waals surface area contributed by atoms with E-state index in [-0.39, 0.29) is 18.1 Å². The summed E-state index contributed by atoms with van der Waals surface area (Å²) in [6, 6.07) is 15.9. The summed E-state index contributed by atoms with van der Waals surface area (Å²) < 4.78 is 5.90. The number of aromatic nitrogens is 1. The van der Waals surface area contributed by atoms with Gasteiger partial charge < -0.3 is 20.4 Å². The van der Waals surface area contributed by atoms with Gasteiger partial charge in [-0.25, -0.2) is 0 Å². The molecule has 5 heteroatoms. The molecule has 0 bridgehead atoms. The van der Waals surface area contributed by atoms with Crippen molar-refractivity contribution in [3.05, 3.63) is 77.6 Å². The SMILES string of the molecule is Cc1ccc(OC2CNC2)cc1C(=O)N[C@H](C)c1cccc(-c2cc[nH]c2)c1. The molecule has 3 aromatic rings. The van der Waals surface area contributed by atoms with E-state index in [1.807, 2.05) is 62.6 Å². The van der Waals surface area contributed by atoms with Gasteiger partial charge >= 0.3 is 0 Å². The molecular weight excluding hydrogens is 350 g/mol. The number of carbonyl (C=O) groups is 1. The van der Waals surface area contributed by atoms with Gasteiger partial charge in [-0.1, -0.05) is 24.3 Å². The first-order valence-electron chi connectivity index (χ1n) is 9.62. The molecule has 1 aliphatic heterocycles. The lowest BCUT2D eigenvalue weighted by Crippen LogP contribution is -2.50. The van der Waals surface area contributed by atoms with Crippen LogP contribution in [0.2, 0.25) is 0 Å². The van der Waals surface area contributed by atoms with Crippen molar-refractivity contribution < 1.29 is 9.53 Å². The van der Waals surface area contributed by atoms with Gasteiger partial charge in [0.15, 0.2) is 0 Å². The van der Waals surface area contributed by atoms with E-state index in [0.717, 1.165) is 41.1 Å². The fourth-order valence-electron chi connectivity index (χ4n) is 3.31. The van der Waals surface area contributed by atoms with Crippen LogP contribution in [-0.2, 0) is 0 Å². The molecule has 144 valence electrons. The summed E-state index contributed by atoms with van der Waals surface area (Å²) in [4.78, 5) is 16.0. The minimum atomic E-state index is -0.105. The monoisotopic (exact) mass is 375 g/mol. The van der Waals surface area contributed by atoms with E-state index in [1.165, 1.54) is 0 Å². The molecule has 2 heterocycles. The molecule has 1 fully saturated rings. The Morgan fingerprint density at radius 3 is 2.71 bits per heavy atom. The predicted octanol–water partition coefficient (Wildman–Crippen LogP) is 3.83. The van der Waals surface area contributed by atoms with Crippen LogP contribution in [0.15, 0.2) is 60.9 Å². The quantitative estimate of drug-likeness (QED) is 0.613. The number of rotatable bonds is 6. The van der Waals surface area contributed by atoms with Crippen LogP contribution in [0, 0.1) is 6.92 Å². The Morgan fingerprint density at radius 2 is 2.00 bits per heavy atom. The number of carbonyl (C=O) groups excluding carboxylic acids is 1. The Balaban J connectivity index is 1.48. The van der Waals surface area contributed by atoms with Crippen LogP contribution in [0.25, 0.3) is 11.1 Å². The van der Waals surface area contributed by atoms with E-state index in [2.05, 4.69) is 27.8 Å². The van der Waals surface area contributed by atoms with Crippen LogP contribution in [0.5, 0.6) is 5.75 Å². The van der Waals surface area contributed by atoms with E-state index in [4.69, 9.17) is 4.74 Å².